The predicted octanol–water partition coefficient (Wildman–Crippen LogP) is 1.20. The number of nitrogens with zero attached hydrogens (tertiary/aromatic N) is 1. The van der Waals surface area contributed by atoms with Crippen LogP contribution in [-0.2, 0) is 14.3 Å². The molecule has 0 saturated carbocycles. The van der Waals surface area contributed by atoms with Gasteiger partial charge >= 0.3 is 5.97 Å². The summed E-state index contributed by atoms with van der Waals surface area (Å²) in [6.07, 6.45) is -1.41. The average molecular weight is 354 g/mol. The molecule has 0 aliphatic carbocycles. The first-order chi connectivity index (χ1) is 11.3. The predicted molar refractivity (Wildman–Crippen MR) is 89.0 cm³/mol. The van der Waals surface area contributed by atoms with Crippen LogP contribution in [0.1, 0.15) is 30.4 Å². The van der Waals surface area contributed by atoms with Crippen molar-refractivity contribution in [3.8, 4) is 0 Å². The monoisotopic (exact) mass is 354 g/mol. The van der Waals surface area contributed by atoms with E-state index in [1.807, 2.05) is 13.8 Å². The molecule has 3 atom stereocenters. The fourth-order valence-corrected chi connectivity index (χ4v) is 3.23. The third-order valence-corrected chi connectivity index (χ3v) is 4.68. The van der Waals surface area contributed by atoms with Gasteiger partial charge in [0, 0.05) is 6.54 Å². The number of carboxylic acids is 1. The lowest BCUT2D eigenvalue weighted by Gasteiger charge is -2.37. The van der Waals surface area contributed by atoms with Gasteiger partial charge in [-0.15, -0.1) is 11.3 Å². The number of amides is 2. The first-order valence-electron chi connectivity index (χ1n) is 7.81. The van der Waals surface area contributed by atoms with Crippen LogP contribution in [0.5, 0.6) is 0 Å². The maximum Gasteiger partial charge on any atom is 0.334 e. The van der Waals surface area contributed by atoms with Gasteiger partial charge < -0.3 is 20.1 Å². The third-order valence-electron chi connectivity index (χ3n) is 3.81. The molecule has 8 heteroatoms. The highest BCUT2D eigenvalue weighted by Crippen LogP contribution is 2.16. The topological polar surface area (TPSA) is 95.9 Å². The molecule has 2 unspecified atom stereocenters. The van der Waals surface area contributed by atoms with Gasteiger partial charge in [0.25, 0.3) is 5.91 Å². The van der Waals surface area contributed by atoms with Crippen molar-refractivity contribution >= 4 is 29.1 Å². The van der Waals surface area contributed by atoms with Crippen LogP contribution in [0.4, 0.5) is 0 Å². The van der Waals surface area contributed by atoms with Gasteiger partial charge in [-0.05, 0) is 24.3 Å². The molecule has 0 spiro atoms. The minimum atomic E-state index is -1.09. The molecule has 2 amide bonds. The van der Waals surface area contributed by atoms with Crippen molar-refractivity contribution in [3.05, 3.63) is 22.4 Å². The Labute approximate surface area is 144 Å². The second-order valence-corrected chi connectivity index (χ2v) is 7.14. The number of nitrogens with one attached hydrogen (secondary N) is 1. The summed E-state index contributed by atoms with van der Waals surface area (Å²) in [5.41, 5.74) is 0. The Morgan fingerprint density at radius 2 is 2.08 bits per heavy atom. The number of hydrogen-bond acceptors (Lipinski definition) is 5. The van der Waals surface area contributed by atoms with E-state index >= 15 is 0 Å². The molecule has 0 aromatic carbocycles. The minimum absolute atomic E-state index is 0.0173. The van der Waals surface area contributed by atoms with Crippen molar-refractivity contribution in [1.29, 1.82) is 0 Å². The van der Waals surface area contributed by atoms with Crippen molar-refractivity contribution < 1.29 is 24.2 Å². The summed E-state index contributed by atoms with van der Waals surface area (Å²) in [6.45, 7) is 5.70. The van der Waals surface area contributed by atoms with E-state index in [0.29, 0.717) is 11.4 Å². The van der Waals surface area contributed by atoms with Crippen molar-refractivity contribution in [2.24, 2.45) is 5.92 Å². The van der Waals surface area contributed by atoms with Crippen LogP contribution in [-0.4, -0.2) is 59.1 Å². The zero-order valence-electron chi connectivity index (χ0n) is 13.9. The highest BCUT2D eigenvalue weighted by atomic mass is 32.1. The number of thiophene rings is 1. The quantitative estimate of drug-likeness (QED) is 0.828. The molecule has 7 nitrogen and oxygen atoms in total. The molecule has 1 fully saturated rings. The zero-order chi connectivity index (χ0) is 17.9. The highest BCUT2D eigenvalue weighted by Gasteiger charge is 2.36. The second-order valence-electron chi connectivity index (χ2n) is 6.19. The summed E-state index contributed by atoms with van der Waals surface area (Å²) >= 11 is 1.30. The average Bonchev–Trinajstić information content (AvgIpc) is 3.05. The van der Waals surface area contributed by atoms with Gasteiger partial charge in [0.05, 0.1) is 17.5 Å². The fourth-order valence-electron chi connectivity index (χ4n) is 2.60. The van der Waals surface area contributed by atoms with Crippen LogP contribution < -0.4 is 5.32 Å². The maximum atomic E-state index is 12.8. The Balaban J connectivity index is 2.10. The highest BCUT2D eigenvalue weighted by molar-refractivity contribution is 7.12. The molecule has 1 aromatic rings. The van der Waals surface area contributed by atoms with Gasteiger partial charge in [-0.25, -0.2) is 4.79 Å². The first kappa shape index (κ1) is 18.4. The van der Waals surface area contributed by atoms with Gasteiger partial charge in [0.1, 0.15) is 6.04 Å². The lowest BCUT2D eigenvalue weighted by Crippen LogP contribution is -2.58. The van der Waals surface area contributed by atoms with Gasteiger partial charge in [0.15, 0.2) is 6.10 Å². The van der Waals surface area contributed by atoms with Crippen molar-refractivity contribution in [3.63, 3.8) is 0 Å². The molecule has 1 aromatic heterocycles. The lowest BCUT2D eigenvalue weighted by atomic mass is 10.0. The van der Waals surface area contributed by atoms with Gasteiger partial charge in [-0.2, -0.15) is 0 Å². The molecule has 1 saturated heterocycles. The molecule has 2 N–H and O–H groups in total. The number of aliphatic carboxylic acids is 1. The summed E-state index contributed by atoms with van der Waals surface area (Å²) in [7, 11) is 0. The molecule has 1 aliphatic rings. The smallest absolute Gasteiger partial charge is 0.334 e. The van der Waals surface area contributed by atoms with E-state index in [-0.39, 0.29) is 30.4 Å². The van der Waals surface area contributed by atoms with Crippen LogP contribution in [0.25, 0.3) is 0 Å². The largest absolute Gasteiger partial charge is 0.479 e. The number of carboxylic acid groups (broad SMARTS) is 1. The van der Waals surface area contributed by atoms with Crippen LogP contribution in [0.2, 0.25) is 0 Å². The van der Waals surface area contributed by atoms with E-state index in [0.717, 1.165) is 0 Å². The molecular formula is C16H22N2O5S. The number of morpholine rings is 1. The minimum Gasteiger partial charge on any atom is -0.479 e. The molecule has 132 valence electrons. The summed E-state index contributed by atoms with van der Waals surface area (Å²) in [5, 5.41) is 13.7. The molecular weight excluding hydrogens is 332 g/mol. The standard InChI is InChI=1S/C16H22N2O5S/c1-9(2)13(17-14(19)12-5-4-6-24-12)15(20)18-7-10(3)23-11(8-18)16(21)22/h4-6,9-11,13H,7-8H2,1-3H3,(H,17,19)(H,21,22)/t10-,11?,13?/m1/s1. The van der Waals surface area contributed by atoms with Crippen LogP contribution in [0.15, 0.2) is 17.5 Å². The normalized spacial score (nSPS) is 22.2. The van der Waals surface area contributed by atoms with Crippen LogP contribution in [0, 0.1) is 5.92 Å². The molecule has 24 heavy (non-hydrogen) atoms. The van der Waals surface area contributed by atoms with Gasteiger partial charge in [-0.3, -0.25) is 9.59 Å². The second kappa shape index (κ2) is 7.76. The number of carbonyl (C=O) groups is 3. The van der Waals surface area contributed by atoms with Crippen molar-refractivity contribution in [2.45, 2.75) is 39.0 Å². The Morgan fingerprint density at radius 1 is 1.38 bits per heavy atom. The van der Waals surface area contributed by atoms with Gasteiger partial charge in [-0.1, -0.05) is 19.9 Å². The van der Waals surface area contributed by atoms with Crippen LogP contribution >= 0.6 is 11.3 Å². The zero-order valence-corrected chi connectivity index (χ0v) is 14.7. The Hall–Kier alpha value is -1.93. The first-order valence-corrected chi connectivity index (χ1v) is 8.69. The van der Waals surface area contributed by atoms with Crippen LogP contribution in [0.3, 0.4) is 0 Å². The molecule has 2 heterocycles. The molecule has 1 aliphatic heterocycles. The Kier molecular flexibility index (Phi) is 5.95. The van der Waals surface area contributed by atoms with E-state index in [1.54, 1.807) is 24.4 Å². The molecule has 2 rings (SSSR count). The Bertz CT molecular complexity index is 602. The van der Waals surface area contributed by atoms with Crippen molar-refractivity contribution in [1.82, 2.24) is 10.2 Å². The summed E-state index contributed by atoms with van der Waals surface area (Å²) < 4.78 is 5.33. The summed E-state index contributed by atoms with van der Waals surface area (Å²) in [4.78, 5) is 38.3. The van der Waals surface area contributed by atoms with E-state index in [2.05, 4.69) is 5.32 Å². The van der Waals surface area contributed by atoms with E-state index in [4.69, 9.17) is 9.84 Å². The summed E-state index contributed by atoms with van der Waals surface area (Å²) in [6, 6.07) is 2.76. The van der Waals surface area contributed by atoms with Gasteiger partial charge in [0.2, 0.25) is 5.91 Å². The molecule has 0 bridgehead atoms. The van der Waals surface area contributed by atoms with E-state index in [9.17, 15) is 14.4 Å². The maximum absolute atomic E-state index is 12.8. The van der Waals surface area contributed by atoms with E-state index < -0.39 is 18.1 Å². The van der Waals surface area contributed by atoms with Crippen molar-refractivity contribution in [2.75, 3.05) is 13.1 Å². The summed E-state index contributed by atoms with van der Waals surface area (Å²) in [5.74, 6) is -1.80. The SMILES string of the molecule is CC(C)C(NC(=O)c1cccs1)C(=O)N1CC(C(=O)O)O[C@H](C)C1. The number of carbonyl (C=O) groups excluding carboxylic acids is 2. The number of rotatable bonds is 5. The Morgan fingerprint density at radius 3 is 2.62 bits per heavy atom. The fraction of sp³-hybridized carbons (Fsp3) is 0.562. The number of ether oxygens (including phenoxy) is 1. The molecule has 0 radical (unpaired) electrons. The third kappa shape index (κ3) is 4.33. The van der Waals surface area contributed by atoms with E-state index in [1.165, 1.54) is 16.2 Å². The number of hydrogen-bond donors (Lipinski definition) is 2. The lowest BCUT2D eigenvalue weighted by molar-refractivity contribution is -0.167.